The van der Waals surface area contributed by atoms with E-state index in [2.05, 4.69) is 15.3 Å². The van der Waals surface area contributed by atoms with Crippen LogP contribution in [0.15, 0.2) is 207 Å². The third kappa shape index (κ3) is 27.6. The van der Waals surface area contributed by atoms with E-state index < -0.39 is 153 Å². The van der Waals surface area contributed by atoms with E-state index in [-0.39, 0.29) is 65.8 Å². The molecule has 3 aromatic heterocycles. The van der Waals surface area contributed by atoms with Crippen molar-refractivity contribution in [2.75, 3.05) is 33.0 Å². The number of carbonyl (C=O) groups is 6. The van der Waals surface area contributed by atoms with Crippen molar-refractivity contribution in [3.8, 4) is 17.2 Å². The molecule has 121 heavy (non-hydrogen) atoms. The molecule has 6 heterocycles. The molecule has 33 nitrogen and oxygen atoms in total. The first-order valence-corrected chi connectivity index (χ1v) is 44.0. The average Bonchev–Trinajstić information content (AvgIpc) is 1.36. The summed E-state index contributed by atoms with van der Waals surface area (Å²) in [7, 11) is -12.7. The van der Waals surface area contributed by atoms with E-state index in [1.54, 1.807) is 140 Å². The molecule has 0 saturated carbocycles. The summed E-state index contributed by atoms with van der Waals surface area (Å²) in [5.74, 6) is -1.55. The Hall–Kier alpha value is -9.28. The second kappa shape index (κ2) is 44.2. The molecule has 5 aromatic carbocycles. The number of nitrogens with zero attached hydrogens (tertiary/aromatic N) is 3. The van der Waals surface area contributed by atoms with Crippen molar-refractivity contribution in [3.05, 3.63) is 229 Å². The third-order valence-electron chi connectivity index (χ3n) is 19.3. The maximum absolute atomic E-state index is 14.2. The van der Waals surface area contributed by atoms with E-state index in [9.17, 15) is 73.1 Å². The van der Waals surface area contributed by atoms with Gasteiger partial charge in [0, 0.05) is 23.6 Å². The van der Waals surface area contributed by atoms with Gasteiger partial charge in [0.05, 0.1) is 49.7 Å². The van der Waals surface area contributed by atoms with E-state index in [0.717, 1.165) is 23.8 Å². The molecular weight excluding hydrogens is 1630 g/mol. The second-order valence-electron chi connectivity index (χ2n) is 30.3. The van der Waals surface area contributed by atoms with E-state index in [1.165, 1.54) is 73.8 Å². The van der Waals surface area contributed by atoms with Gasteiger partial charge in [-0.1, -0.05) is 151 Å². The molecule has 7 unspecified atom stereocenters. The van der Waals surface area contributed by atoms with Crippen LogP contribution in [0.25, 0.3) is 10.8 Å². The molecule has 3 saturated heterocycles. The second-order valence-corrected chi connectivity index (χ2v) is 35.4. The Kier molecular flexibility index (Phi) is 34.9. The van der Waals surface area contributed by atoms with Crippen molar-refractivity contribution in [2.24, 2.45) is 11.3 Å². The Morgan fingerprint density at radius 2 is 0.777 bits per heavy atom. The molecule has 0 amide bonds. The standard InChI is InChI=1S/C32H34N2O9P.C27H38N2O9P.C26H36N2O9P/c1-21(32(38)40-19-23-10-4-3-5-11-23)33-44(39,43-27-16-8-13-24-12-6-7-15-26(24)27)41-20-28-29(36)30(37)31(42-28)34-17-9-14-25(18-34)22(2)35;1-5-20(6-2)16-35-27(33)18(3)28-39(34,38-22-12-8-7-9-13-22)36-17-23-24(31)25(32)26(37-23)29-14-10-11-21(15-29)19(4)30;1-17(25(32)34-16-26(3,4)5)27-38(33,37-20-11-7-6-8-12-20)35-15-21-22(30)23(31)24(36-21)28-13-9-10-19(14-28)18(2)29/h3-18,21,28-31,36-37H,19-20H2,1-2H3,(H,33,39);7-15,18,20,23-26,31-32H,5-6,16-17H2,1-4H3,(H,28,34);6-14,17,21-24,30-31H,15-16H2,1-5H3,(H,27,33)/q3*+1/t21-,28+,29?,30-,31+,44?;18-,23+,24?,25-,26+,39?;17?,21?,22-,23-,24-,38?/m001/s1. The summed E-state index contributed by atoms with van der Waals surface area (Å²) in [4.78, 5) is 73.3. The smallest absolute Gasteiger partial charge is 0.459 e. The van der Waals surface area contributed by atoms with Crippen LogP contribution in [0, 0.1) is 11.3 Å². The van der Waals surface area contributed by atoms with E-state index in [4.69, 9.17) is 55.6 Å². The normalized spacial score (nSPS) is 22.9. The lowest BCUT2D eigenvalue weighted by Crippen LogP contribution is -2.46. The summed E-state index contributed by atoms with van der Waals surface area (Å²) in [5.41, 5.74) is 1.72. The Balaban J connectivity index is 0.000000207. The highest BCUT2D eigenvalue weighted by molar-refractivity contribution is 7.52. The number of nitrogens with one attached hydrogen (secondary N) is 3. The number of esters is 3. The minimum atomic E-state index is -4.34. The molecule has 11 rings (SSSR count). The topological polar surface area (TPSA) is 434 Å². The SMILES string of the molecule is CC(=O)c1ccc[n+]([C@@H]2OC(COP(=O)(NC(C)C(=O)OCC(C)(C)C)Oc3ccccc3)[C@@H](O)[C@H]2O)c1.CC(=O)c1ccc[n+]([C@@H]2O[C@H](COP(=O)(N[C@@H](C)C(=O)OCc3ccccc3)Oc3cccc4ccccc34)C(O)[C@@H]2O)c1.CCC(CC)COC(=O)[C@H](C)NP(=O)(OC[C@H]1O[C@@H]([n+]2cccc(C(C)=O)c2)[C@@H](O)C1O)Oc1ccccc1. The van der Waals surface area contributed by atoms with Crippen LogP contribution in [-0.2, 0) is 76.7 Å². The van der Waals surface area contributed by atoms with Crippen molar-refractivity contribution in [3.63, 3.8) is 0 Å². The number of fused-ring (bicyclic) bond motifs is 1. The minimum absolute atomic E-state index is 0.0188. The van der Waals surface area contributed by atoms with Crippen LogP contribution < -0.4 is 42.5 Å². The van der Waals surface area contributed by atoms with Crippen molar-refractivity contribution >= 4 is 69.3 Å². The summed E-state index contributed by atoms with van der Waals surface area (Å²) >= 11 is 0. The maximum Gasteiger partial charge on any atom is 0.459 e. The van der Waals surface area contributed by atoms with Crippen molar-refractivity contribution in [2.45, 2.75) is 187 Å². The number of aromatic nitrogens is 3. The summed E-state index contributed by atoms with van der Waals surface area (Å²) in [6.07, 6.45) is -3.70. The number of ketones is 3. The van der Waals surface area contributed by atoms with Gasteiger partial charge in [0.1, 0.15) is 78.6 Å². The lowest BCUT2D eigenvalue weighted by atomic mass is 9.99. The van der Waals surface area contributed by atoms with Gasteiger partial charge >= 0.3 is 41.1 Å². The number of hydrogen-bond donors (Lipinski definition) is 9. The molecule has 9 N–H and O–H groups in total. The number of carbonyl (C=O) groups excluding carboxylic acids is 6. The van der Waals surface area contributed by atoms with Gasteiger partial charge in [-0.15, -0.1) is 0 Å². The van der Waals surface area contributed by atoms with Gasteiger partial charge in [0.15, 0.2) is 72.8 Å². The monoisotopic (exact) mass is 1740 g/mol. The van der Waals surface area contributed by atoms with Crippen LogP contribution in [0.2, 0.25) is 0 Å². The first kappa shape index (κ1) is 95.6. The molecule has 652 valence electrons. The molecule has 3 aliphatic heterocycles. The van der Waals surface area contributed by atoms with Crippen molar-refractivity contribution in [1.82, 2.24) is 15.3 Å². The maximum atomic E-state index is 14.2. The third-order valence-corrected chi connectivity index (χ3v) is 24.2. The molecule has 0 radical (unpaired) electrons. The molecule has 0 bridgehead atoms. The summed E-state index contributed by atoms with van der Waals surface area (Å²) in [6.45, 7) is 17.5. The zero-order chi connectivity index (χ0) is 87.9. The van der Waals surface area contributed by atoms with Gasteiger partial charge in [-0.3, -0.25) is 42.3 Å². The Morgan fingerprint density at radius 1 is 0.430 bits per heavy atom. The predicted molar refractivity (Wildman–Crippen MR) is 437 cm³/mol. The van der Waals surface area contributed by atoms with Gasteiger partial charge in [-0.2, -0.15) is 29.0 Å². The predicted octanol–water partition coefficient (Wildman–Crippen LogP) is 9.40. The Bertz CT molecular complexity index is 4910. The summed E-state index contributed by atoms with van der Waals surface area (Å²) in [6, 6.07) is 44.7. The highest BCUT2D eigenvalue weighted by atomic mass is 31.2. The number of hydrogen-bond acceptors (Lipinski definition) is 27. The molecule has 36 heteroatoms. The van der Waals surface area contributed by atoms with Gasteiger partial charge in [0.25, 0.3) is 18.7 Å². The summed E-state index contributed by atoms with van der Waals surface area (Å²) in [5, 5.41) is 73.3. The first-order valence-electron chi connectivity index (χ1n) is 39.4. The molecule has 0 aliphatic carbocycles. The van der Waals surface area contributed by atoms with E-state index in [1.807, 2.05) is 83.1 Å². The molecule has 18 atom stereocenters. The summed E-state index contributed by atoms with van der Waals surface area (Å²) < 4.78 is 114. The van der Waals surface area contributed by atoms with Crippen LogP contribution in [0.5, 0.6) is 17.2 Å². The zero-order valence-electron chi connectivity index (χ0n) is 69.0. The number of benzene rings is 5. The number of aliphatic hydroxyl groups excluding tert-OH is 6. The van der Waals surface area contributed by atoms with Gasteiger partial charge < -0.3 is 72.6 Å². The zero-order valence-corrected chi connectivity index (χ0v) is 71.6. The Labute approximate surface area is 701 Å². The quantitative estimate of drug-likeness (QED) is 0.00575. The molecule has 3 fully saturated rings. The van der Waals surface area contributed by atoms with Gasteiger partial charge in [-0.25, -0.2) is 13.7 Å². The fourth-order valence-corrected chi connectivity index (χ4v) is 16.9. The molecule has 3 aliphatic rings. The first-order chi connectivity index (χ1) is 57.5. The van der Waals surface area contributed by atoms with E-state index in [0.29, 0.717) is 22.1 Å². The fourth-order valence-electron chi connectivity index (χ4n) is 12.3. The van der Waals surface area contributed by atoms with Crippen LogP contribution in [-0.4, -0.2) is 172 Å². The van der Waals surface area contributed by atoms with Crippen LogP contribution in [0.3, 0.4) is 0 Å². The molecule has 0 spiro atoms. The number of aliphatic hydroxyl groups is 6. The van der Waals surface area contributed by atoms with Gasteiger partial charge in [0.2, 0.25) is 0 Å². The molecular formula is C85H108N6O27P3+3. The van der Waals surface area contributed by atoms with Crippen molar-refractivity contribution in [1.29, 1.82) is 0 Å². The average molecular weight is 1740 g/mol. The van der Waals surface area contributed by atoms with Crippen LogP contribution in [0.4, 0.5) is 0 Å². The number of pyridine rings is 3. The number of para-hydroxylation sites is 2. The lowest BCUT2D eigenvalue weighted by Gasteiger charge is -2.25. The van der Waals surface area contributed by atoms with Crippen LogP contribution >= 0.6 is 23.2 Å². The number of ether oxygens (including phenoxy) is 6. The van der Waals surface area contributed by atoms with Crippen molar-refractivity contribution < 1.29 is 142 Å². The highest BCUT2D eigenvalue weighted by Crippen LogP contribution is 2.50. The van der Waals surface area contributed by atoms with E-state index >= 15 is 0 Å². The van der Waals surface area contributed by atoms with Crippen LogP contribution in [0.1, 0.15) is 144 Å². The number of rotatable bonds is 37. The lowest BCUT2D eigenvalue weighted by molar-refractivity contribution is -0.766. The number of Topliss-reactive ketones (excluding diaryl/α,β-unsaturated/α-hetero) is 3. The molecule has 8 aromatic rings. The fraction of sp³-hybridized carbons (Fsp3) is 0.424. The largest absolute Gasteiger partial charge is 0.464 e. The highest BCUT2D eigenvalue weighted by Gasteiger charge is 2.53. The van der Waals surface area contributed by atoms with Gasteiger partial charge in [-0.05, 0) is 112 Å². The minimum Gasteiger partial charge on any atom is -0.464 e. The Morgan fingerprint density at radius 3 is 1.16 bits per heavy atom.